The Labute approximate surface area is 66.7 Å². The molecule has 0 radical (unpaired) electrons. The van der Waals surface area contributed by atoms with Crippen LogP contribution in [0.15, 0.2) is 15.9 Å². The van der Waals surface area contributed by atoms with E-state index in [4.69, 9.17) is 5.73 Å². The van der Waals surface area contributed by atoms with Crippen molar-refractivity contribution in [1.82, 2.24) is 0 Å². The number of rotatable bonds is 4. The van der Waals surface area contributed by atoms with Gasteiger partial charge in [-0.2, -0.15) is 0 Å². The van der Waals surface area contributed by atoms with Crippen LogP contribution in [0.25, 0.3) is 0 Å². The van der Waals surface area contributed by atoms with Crippen molar-refractivity contribution in [2.75, 3.05) is 0 Å². The maximum absolute atomic E-state index is 5.02. The van der Waals surface area contributed by atoms with Gasteiger partial charge in [-0.05, 0) is 17.7 Å². The SMILES string of the molecule is CC(C)C/C=C\SN=CN. The number of nitrogens with two attached hydrogens (primary N) is 1. The third-order valence-electron chi connectivity index (χ3n) is 0.886. The molecule has 2 N–H and O–H groups in total. The van der Waals surface area contributed by atoms with Gasteiger partial charge in [-0.25, -0.2) is 4.40 Å². The molecule has 0 aliphatic rings. The Morgan fingerprint density at radius 2 is 2.30 bits per heavy atom. The third-order valence-corrected chi connectivity index (χ3v) is 1.44. The second-order valence-electron chi connectivity index (χ2n) is 2.36. The molecule has 0 bridgehead atoms. The van der Waals surface area contributed by atoms with Gasteiger partial charge >= 0.3 is 0 Å². The summed E-state index contributed by atoms with van der Waals surface area (Å²) in [5.74, 6) is 0.721. The first-order chi connectivity index (χ1) is 4.77. The zero-order chi connectivity index (χ0) is 7.82. The molecule has 0 aliphatic carbocycles. The molecule has 0 unspecified atom stereocenters. The first-order valence-electron chi connectivity index (χ1n) is 3.31. The average Bonchev–Trinajstić information content (AvgIpc) is 1.87. The fraction of sp³-hybridized carbons (Fsp3) is 0.571. The van der Waals surface area contributed by atoms with Crippen LogP contribution in [0.5, 0.6) is 0 Å². The van der Waals surface area contributed by atoms with Gasteiger partial charge in [0.05, 0.1) is 6.34 Å². The molecule has 0 amide bonds. The normalized spacial score (nSPS) is 12.3. The molecule has 0 rings (SSSR count). The summed E-state index contributed by atoms with van der Waals surface area (Å²) < 4.78 is 3.75. The molecule has 0 spiro atoms. The first-order valence-corrected chi connectivity index (χ1v) is 4.15. The third kappa shape index (κ3) is 7.56. The summed E-state index contributed by atoms with van der Waals surface area (Å²) in [4.78, 5) is 0. The van der Waals surface area contributed by atoms with E-state index in [2.05, 4.69) is 24.3 Å². The summed E-state index contributed by atoms with van der Waals surface area (Å²) in [7, 11) is 0. The van der Waals surface area contributed by atoms with Crippen molar-refractivity contribution < 1.29 is 0 Å². The lowest BCUT2D eigenvalue weighted by molar-refractivity contribution is 0.664. The van der Waals surface area contributed by atoms with Crippen LogP contribution < -0.4 is 5.73 Å². The summed E-state index contributed by atoms with van der Waals surface area (Å²) in [6, 6.07) is 0. The van der Waals surface area contributed by atoms with Crippen molar-refractivity contribution in [1.29, 1.82) is 0 Å². The van der Waals surface area contributed by atoms with E-state index < -0.39 is 0 Å². The van der Waals surface area contributed by atoms with Gasteiger partial charge in [-0.15, -0.1) is 0 Å². The van der Waals surface area contributed by atoms with Crippen molar-refractivity contribution in [3.8, 4) is 0 Å². The molecule has 2 nitrogen and oxygen atoms in total. The highest BCUT2D eigenvalue weighted by Crippen LogP contribution is 2.06. The number of nitrogens with zero attached hydrogens (tertiary/aromatic N) is 1. The average molecular weight is 158 g/mol. The smallest absolute Gasteiger partial charge is 0.0941 e. The van der Waals surface area contributed by atoms with E-state index in [1.165, 1.54) is 18.3 Å². The van der Waals surface area contributed by atoms with Crippen molar-refractivity contribution in [2.24, 2.45) is 16.0 Å². The predicted octanol–water partition coefficient (Wildman–Crippen LogP) is 2.18. The highest BCUT2D eigenvalue weighted by Gasteiger charge is 1.85. The molecule has 3 heteroatoms. The van der Waals surface area contributed by atoms with Gasteiger partial charge in [-0.1, -0.05) is 19.9 Å². The lowest BCUT2D eigenvalue weighted by Gasteiger charge is -1.94. The fourth-order valence-electron chi connectivity index (χ4n) is 0.441. The molecule has 10 heavy (non-hydrogen) atoms. The highest BCUT2D eigenvalue weighted by molar-refractivity contribution is 8.01. The van der Waals surface area contributed by atoms with Crippen LogP contribution in [-0.2, 0) is 0 Å². The summed E-state index contributed by atoms with van der Waals surface area (Å²) >= 11 is 1.36. The van der Waals surface area contributed by atoms with Crippen LogP contribution in [0, 0.1) is 5.92 Å². The molecule has 0 saturated carbocycles. The minimum absolute atomic E-state index is 0.721. The molecule has 0 saturated heterocycles. The monoisotopic (exact) mass is 158 g/mol. The highest BCUT2D eigenvalue weighted by atomic mass is 32.2. The Hall–Kier alpha value is -0.440. The summed E-state index contributed by atoms with van der Waals surface area (Å²) in [6.07, 6.45) is 4.50. The Morgan fingerprint density at radius 3 is 2.80 bits per heavy atom. The van der Waals surface area contributed by atoms with Crippen molar-refractivity contribution in [2.45, 2.75) is 20.3 Å². The van der Waals surface area contributed by atoms with Gasteiger partial charge < -0.3 is 5.73 Å². The second kappa shape index (κ2) is 6.68. The van der Waals surface area contributed by atoms with Gasteiger partial charge in [-0.3, -0.25) is 0 Å². The van der Waals surface area contributed by atoms with E-state index in [0.29, 0.717) is 0 Å². The molecule has 58 valence electrons. The van der Waals surface area contributed by atoms with Gasteiger partial charge in [0.25, 0.3) is 0 Å². The number of hydrogen-bond donors (Lipinski definition) is 1. The first kappa shape index (κ1) is 9.56. The maximum atomic E-state index is 5.02. The summed E-state index contributed by atoms with van der Waals surface area (Å²) in [6.45, 7) is 4.36. The van der Waals surface area contributed by atoms with E-state index in [9.17, 15) is 0 Å². The predicted molar refractivity (Wildman–Crippen MR) is 48.9 cm³/mol. The van der Waals surface area contributed by atoms with E-state index in [1.807, 2.05) is 5.41 Å². The van der Waals surface area contributed by atoms with Gasteiger partial charge in [0.15, 0.2) is 0 Å². The number of allylic oxidation sites excluding steroid dienone is 1. The largest absolute Gasteiger partial charge is 0.389 e. The van der Waals surface area contributed by atoms with Crippen molar-refractivity contribution in [3.63, 3.8) is 0 Å². The second-order valence-corrected chi connectivity index (χ2v) is 3.06. The lowest BCUT2D eigenvalue weighted by Crippen LogP contribution is -1.84. The van der Waals surface area contributed by atoms with Crippen LogP contribution in [0.1, 0.15) is 20.3 Å². The van der Waals surface area contributed by atoms with Gasteiger partial charge in [0.1, 0.15) is 0 Å². The zero-order valence-electron chi connectivity index (χ0n) is 6.45. The minimum Gasteiger partial charge on any atom is -0.389 e. The molecule has 0 fully saturated rings. The zero-order valence-corrected chi connectivity index (χ0v) is 7.27. The van der Waals surface area contributed by atoms with Gasteiger partial charge in [0.2, 0.25) is 0 Å². The van der Waals surface area contributed by atoms with E-state index in [-0.39, 0.29) is 0 Å². The minimum atomic E-state index is 0.721. The van der Waals surface area contributed by atoms with Gasteiger partial charge in [0, 0.05) is 11.9 Å². The Balaban J connectivity index is 3.20. The van der Waals surface area contributed by atoms with E-state index >= 15 is 0 Å². The van der Waals surface area contributed by atoms with Crippen molar-refractivity contribution in [3.05, 3.63) is 11.5 Å². The molecule has 0 aromatic heterocycles. The fourth-order valence-corrected chi connectivity index (χ4v) is 0.779. The Kier molecular flexibility index (Phi) is 6.38. The molecular formula is C7H14N2S. The molecule has 0 heterocycles. The van der Waals surface area contributed by atoms with Crippen LogP contribution in [0.3, 0.4) is 0 Å². The van der Waals surface area contributed by atoms with Crippen molar-refractivity contribution >= 4 is 18.3 Å². The molecule has 0 aromatic carbocycles. The number of hydrogen-bond acceptors (Lipinski definition) is 2. The van der Waals surface area contributed by atoms with E-state index in [1.54, 1.807) is 0 Å². The van der Waals surface area contributed by atoms with E-state index in [0.717, 1.165) is 12.3 Å². The van der Waals surface area contributed by atoms with Crippen LogP contribution in [0.4, 0.5) is 0 Å². The maximum Gasteiger partial charge on any atom is 0.0941 e. The topological polar surface area (TPSA) is 38.4 Å². The lowest BCUT2D eigenvalue weighted by atomic mass is 10.1. The molecule has 0 aromatic rings. The molecule has 0 aliphatic heterocycles. The molecule has 0 atom stereocenters. The summed E-state index contributed by atoms with van der Waals surface area (Å²) in [5.41, 5.74) is 5.02. The van der Waals surface area contributed by atoms with Crippen LogP contribution in [-0.4, -0.2) is 6.34 Å². The van der Waals surface area contributed by atoms with Crippen LogP contribution >= 0.6 is 11.9 Å². The Morgan fingerprint density at radius 1 is 1.60 bits per heavy atom. The standard InChI is InChI=1S/C7H14N2S/c1-7(2)4-3-5-10-9-6-8/h3,5-7H,4H2,1-2H3,(H2,8,9)/b5-3-. The summed E-state index contributed by atoms with van der Waals surface area (Å²) in [5, 5.41) is 1.95. The van der Waals surface area contributed by atoms with Crippen LogP contribution in [0.2, 0.25) is 0 Å². The quantitative estimate of drug-likeness (QED) is 0.387. The molecular weight excluding hydrogens is 144 g/mol. The Bertz CT molecular complexity index is 119.